The highest BCUT2D eigenvalue weighted by molar-refractivity contribution is 6.33. The van der Waals surface area contributed by atoms with Crippen molar-refractivity contribution in [1.29, 1.82) is 0 Å². The van der Waals surface area contributed by atoms with E-state index < -0.39 is 0 Å². The van der Waals surface area contributed by atoms with Crippen LogP contribution in [0.1, 0.15) is 17.3 Å². The molecule has 1 aromatic carbocycles. The van der Waals surface area contributed by atoms with Gasteiger partial charge < -0.3 is 9.73 Å². The van der Waals surface area contributed by atoms with Crippen molar-refractivity contribution in [2.45, 2.75) is 20.4 Å². The Bertz CT molecular complexity index is 496. The highest BCUT2D eigenvalue weighted by Crippen LogP contribution is 2.25. The SMILES string of the molecule is Cc1nnc(CNc2cccc(C)c2Cl)o1. The average Bonchev–Trinajstić information content (AvgIpc) is 2.67. The van der Waals surface area contributed by atoms with Crippen LogP contribution in [-0.2, 0) is 6.54 Å². The number of nitrogens with zero attached hydrogens (tertiary/aromatic N) is 2. The van der Waals surface area contributed by atoms with E-state index in [1.807, 2.05) is 25.1 Å². The molecule has 2 aromatic rings. The number of benzene rings is 1. The Kier molecular flexibility index (Phi) is 3.10. The van der Waals surface area contributed by atoms with Crippen LogP contribution in [0.2, 0.25) is 5.02 Å². The summed E-state index contributed by atoms with van der Waals surface area (Å²) in [6, 6.07) is 5.82. The van der Waals surface area contributed by atoms with Crippen molar-refractivity contribution < 1.29 is 4.42 Å². The van der Waals surface area contributed by atoms with Crippen LogP contribution in [0.15, 0.2) is 22.6 Å². The molecule has 0 atom stereocenters. The summed E-state index contributed by atoms with van der Waals surface area (Å²) in [7, 11) is 0. The van der Waals surface area contributed by atoms with E-state index in [2.05, 4.69) is 15.5 Å². The third-order valence-corrected chi connectivity index (χ3v) is 2.69. The van der Waals surface area contributed by atoms with E-state index in [1.54, 1.807) is 6.92 Å². The number of aryl methyl sites for hydroxylation is 2. The van der Waals surface area contributed by atoms with Gasteiger partial charge in [-0.05, 0) is 18.6 Å². The summed E-state index contributed by atoms with van der Waals surface area (Å²) in [6.45, 7) is 4.20. The molecule has 5 heteroatoms. The van der Waals surface area contributed by atoms with Crippen LogP contribution < -0.4 is 5.32 Å². The van der Waals surface area contributed by atoms with Gasteiger partial charge in [0.1, 0.15) is 0 Å². The molecule has 1 N–H and O–H groups in total. The van der Waals surface area contributed by atoms with E-state index >= 15 is 0 Å². The van der Waals surface area contributed by atoms with Crippen molar-refractivity contribution in [3.63, 3.8) is 0 Å². The first kappa shape index (κ1) is 11.0. The van der Waals surface area contributed by atoms with Gasteiger partial charge in [-0.3, -0.25) is 0 Å². The molecule has 0 radical (unpaired) electrons. The molecule has 1 heterocycles. The van der Waals surface area contributed by atoms with Gasteiger partial charge >= 0.3 is 0 Å². The van der Waals surface area contributed by atoms with Crippen molar-refractivity contribution >= 4 is 17.3 Å². The fourth-order valence-electron chi connectivity index (χ4n) is 1.36. The van der Waals surface area contributed by atoms with Crippen LogP contribution in [-0.4, -0.2) is 10.2 Å². The quantitative estimate of drug-likeness (QED) is 0.892. The molecule has 0 fully saturated rings. The molecular weight excluding hydrogens is 226 g/mol. The number of halogens is 1. The van der Waals surface area contributed by atoms with Crippen molar-refractivity contribution in [3.8, 4) is 0 Å². The van der Waals surface area contributed by atoms with E-state index in [4.69, 9.17) is 16.0 Å². The van der Waals surface area contributed by atoms with Crippen molar-refractivity contribution in [2.75, 3.05) is 5.32 Å². The Labute approximate surface area is 98.6 Å². The number of anilines is 1. The van der Waals surface area contributed by atoms with E-state index in [-0.39, 0.29) is 0 Å². The summed E-state index contributed by atoms with van der Waals surface area (Å²) < 4.78 is 5.25. The van der Waals surface area contributed by atoms with Gasteiger partial charge in [0.05, 0.1) is 17.3 Å². The zero-order chi connectivity index (χ0) is 11.5. The lowest BCUT2D eigenvalue weighted by Crippen LogP contribution is -2.00. The Hall–Kier alpha value is -1.55. The maximum absolute atomic E-state index is 6.14. The van der Waals surface area contributed by atoms with Crippen LogP contribution in [0.5, 0.6) is 0 Å². The maximum Gasteiger partial charge on any atom is 0.235 e. The fraction of sp³-hybridized carbons (Fsp3) is 0.273. The minimum absolute atomic E-state index is 0.476. The van der Waals surface area contributed by atoms with E-state index in [0.29, 0.717) is 18.3 Å². The van der Waals surface area contributed by atoms with Gasteiger partial charge in [-0.2, -0.15) is 0 Å². The van der Waals surface area contributed by atoms with Crippen LogP contribution in [0, 0.1) is 13.8 Å². The van der Waals surface area contributed by atoms with Gasteiger partial charge in [0.15, 0.2) is 0 Å². The first-order valence-corrected chi connectivity index (χ1v) is 5.32. The lowest BCUT2D eigenvalue weighted by Gasteiger charge is -2.07. The van der Waals surface area contributed by atoms with Crippen LogP contribution in [0.3, 0.4) is 0 Å². The molecule has 0 saturated carbocycles. The summed E-state index contributed by atoms with van der Waals surface area (Å²) in [6.07, 6.45) is 0. The van der Waals surface area contributed by atoms with Gasteiger partial charge in [0.25, 0.3) is 0 Å². The normalized spacial score (nSPS) is 10.4. The summed E-state index contributed by atoms with van der Waals surface area (Å²) in [4.78, 5) is 0. The molecule has 0 aliphatic heterocycles. The lowest BCUT2D eigenvalue weighted by atomic mass is 10.2. The molecule has 84 valence electrons. The molecule has 0 aliphatic rings. The maximum atomic E-state index is 6.14. The van der Waals surface area contributed by atoms with Crippen molar-refractivity contribution in [2.24, 2.45) is 0 Å². The molecule has 0 aliphatic carbocycles. The highest BCUT2D eigenvalue weighted by atomic mass is 35.5. The molecular formula is C11H12ClN3O. The predicted molar refractivity (Wildman–Crippen MR) is 62.6 cm³/mol. The highest BCUT2D eigenvalue weighted by Gasteiger charge is 2.05. The summed E-state index contributed by atoms with van der Waals surface area (Å²) in [5.74, 6) is 1.11. The molecule has 0 amide bonds. The first-order valence-electron chi connectivity index (χ1n) is 4.95. The zero-order valence-electron chi connectivity index (χ0n) is 9.12. The minimum Gasteiger partial charge on any atom is -0.424 e. The molecule has 0 unspecified atom stereocenters. The lowest BCUT2D eigenvalue weighted by molar-refractivity contribution is 0.475. The van der Waals surface area contributed by atoms with Crippen LogP contribution in [0.25, 0.3) is 0 Å². The topological polar surface area (TPSA) is 51.0 Å². The largest absolute Gasteiger partial charge is 0.424 e. The van der Waals surface area contributed by atoms with Crippen molar-refractivity contribution in [1.82, 2.24) is 10.2 Å². The number of rotatable bonds is 3. The third kappa shape index (κ3) is 2.33. The van der Waals surface area contributed by atoms with Gasteiger partial charge in [-0.15, -0.1) is 10.2 Å². The second-order valence-electron chi connectivity index (χ2n) is 3.50. The van der Waals surface area contributed by atoms with Gasteiger partial charge in [0.2, 0.25) is 11.8 Å². The Morgan fingerprint density at radius 1 is 1.31 bits per heavy atom. The summed E-state index contributed by atoms with van der Waals surface area (Å²) in [5.41, 5.74) is 1.91. The molecule has 0 bridgehead atoms. The van der Waals surface area contributed by atoms with Gasteiger partial charge in [0, 0.05) is 6.92 Å². The second kappa shape index (κ2) is 4.53. The second-order valence-corrected chi connectivity index (χ2v) is 3.88. The zero-order valence-corrected chi connectivity index (χ0v) is 9.88. The molecule has 0 saturated heterocycles. The number of hydrogen-bond donors (Lipinski definition) is 1. The Balaban J connectivity index is 2.07. The fourth-order valence-corrected chi connectivity index (χ4v) is 1.56. The standard InChI is InChI=1S/C11H12ClN3O/c1-7-4-3-5-9(11(7)12)13-6-10-15-14-8(2)16-10/h3-5,13H,6H2,1-2H3. The molecule has 2 rings (SSSR count). The van der Waals surface area contributed by atoms with E-state index in [1.165, 1.54) is 0 Å². The number of nitrogens with one attached hydrogen (secondary N) is 1. The average molecular weight is 238 g/mol. The van der Waals surface area contributed by atoms with Crippen LogP contribution >= 0.6 is 11.6 Å². The first-order chi connectivity index (χ1) is 7.66. The van der Waals surface area contributed by atoms with Gasteiger partial charge in [-0.25, -0.2) is 0 Å². The van der Waals surface area contributed by atoms with Crippen molar-refractivity contribution in [3.05, 3.63) is 40.6 Å². The minimum atomic E-state index is 0.476. The van der Waals surface area contributed by atoms with Gasteiger partial charge in [-0.1, -0.05) is 23.7 Å². The Morgan fingerprint density at radius 2 is 2.12 bits per heavy atom. The molecule has 0 spiro atoms. The summed E-state index contributed by atoms with van der Waals surface area (Å²) in [5, 5.41) is 11.5. The monoisotopic (exact) mass is 237 g/mol. The van der Waals surface area contributed by atoms with E-state index in [0.717, 1.165) is 16.3 Å². The number of aromatic nitrogens is 2. The predicted octanol–water partition coefficient (Wildman–Crippen LogP) is 2.95. The smallest absolute Gasteiger partial charge is 0.235 e. The Morgan fingerprint density at radius 3 is 2.81 bits per heavy atom. The summed E-state index contributed by atoms with van der Waals surface area (Å²) >= 11 is 6.14. The molecule has 4 nitrogen and oxygen atoms in total. The molecule has 1 aromatic heterocycles. The third-order valence-electron chi connectivity index (χ3n) is 2.19. The molecule has 16 heavy (non-hydrogen) atoms. The van der Waals surface area contributed by atoms with Crippen LogP contribution in [0.4, 0.5) is 5.69 Å². The number of hydrogen-bond acceptors (Lipinski definition) is 4. The van der Waals surface area contributed by atoms with E-state index in [9.17, 15) is 0 Å².